The van der Waals surface area contributed by atoms with E-state index >= 15 is 0 Å². The van der Waals surface area contributed by atoms with Crippen molar-refractivity contribution in [2.24, 2.45) is 0 Å². The zero-order chi connectivity index (χ0) is 10.9. The maximum absolute atomic E-state index is 11.0. The highest BCUT2D eigenvalue weighted by Crippen LogP contribution is 2.27. The minimum Gasteiger partial charge on any atom is -0.507 e. The van der Waals surface area contributed by atoms with Gasteiger partial charge in [0.25, 0.3) is 5.69 Å². The number of nitrogens with zero attached hydrogens (tertiary/aromatic N) is 1. The fourth-order valence-electron chi connectivity index (χ4n) is 1.13. The average Bonchev–Trinajstić information content (AvgIpc) is 2.08. The van der Waals surface area contributed by atoms with Crippen LogP contribution in [0.1, 0.15) is 22.8 Å². The van der Waals surface area contributed by atoms with Gasteiger partial charge in [0.05, 0.1) is 10.5 Å². The Morgan fingerprint density at radius 2 is 2.07 bits per heavy atom. The van der Waals surface area contributed by atoms with Gasteiger partial charge < -0.3 is 5.11 Å². The molecule has 0 aromatic heterocycles. The number of hydrogen-bond acceptors (Lipinski definition) is 4. The van der Waals surface area contributed by atoms with E-state index in [9.17, 15) is 20.0 Å². The van der Waals surface area contributed by atoms with Gasteiger partial charge in [-0.2, -0.15) is 0 Å². The summed E-state index contributed by atoms with van der Waals surface area (Å²) in [5.41, 5.74) is 0.117. The summed E-state index contributed by atoms with van der Waals surface area (Å²) in [5.74, 6) is -0.586. The molecular formula is C9H9NO4. The third-order valence-corrected chi connectivity index (χ3v) is 1.88. The van der Waals surface area contributed by atoms with E-state index in [-0.39, 0.29) is 17.0 Å². The Morgan fingerprint density at radius 3 is 2.50 bits per heavy atom. The molecule has 14 heavy (non-hydrogen) atoms. The number of rotatable bonds is 2. The monoisotopic (exact) mass is 195 g/mol. The molecule has 1 aromatic carbocycles. The van der Waals surface area contributed by atoms with E-state index in [1.54, 1.807) is 0 Å². The number of hydrogen-bond donors (Lipinski definition) is 1. The van der Waals surface area contributed by atoms with Crippen molar-refractivity contribution in [2.45, 2.75) is 13.8 Å². The van der Waals surface area contributed by atoms with Gasteiger partial charge in [-0.15, -0.1) is 0 Å². The number of phenolic OH excluding ortho intramolecular Hbond substituents is 1. The van der Waals surface area contributed by atoms with Crippen molar-refractivity contribution < 1.29 is 14.8 Å². The van der Waals surface area contributed by atoms with Crippen LogP contribution in [0.25, 0.3) is 0 Å². The Kier molecular flexibility index (Phi) is 2.51. The van der Waals surface area contributed by atoms with Crippen LogP contribution in [-0.4, -0.2) is 15.8 Å². The standard InChI is InChI=1S/C9H9NO4/c1-5-3-7(10(13)14)4-8(6(2)11)9(5)12/h3-4,12H,1-2H3. The molecule has 0 unspecified atom stereocenters. The van der Waals surface area contributed by atoms with Gasteiger partial charge in [-0.25, -0.2) is 0 Å². The molecule has 1 N–H and O–H groups in total. The Morgan fingerprint density at radius 1 is 1.50 bits per heavy atom. The van der Waals surface area contributed by atoms with Gasteiger partial charge in [-0.05, 0) is 19.4 Å². The van der Waals surface area contributed by atoms with Crippen LogP contribution in [0.15, 0.2) is 12.1 Å². The first-order chi connectivity index (χ1) is 6.43. The molecule has 5 heteroatoms. The fourth-order valence-corrected chi connectivity index (χ4v) is 1.13. The lowest BCUT2D eigenvalue weighted by Gasteiger charge is -2.03. The predicted molar refractivity (Wildman–Crippen MR) is 49.5 cm³/mol. The quantitative estimate of drug-likeness (QED) is 0.443. The molecule has 0 fully saturated rings. The number of ketones is 1. The first-order valence-electron chi connectivity index (χ1n) is 3.92. The van der Waals surface area contributed by atoms with E-state index in [1.165, 1.54) is 19.9 Å². The molecule has 74 valence electrons. The smallest absolute Gasteiger partial charge is 0.270 e. The van der Waals surface area contributed by atoms with Crippen LogP contribution in [0, 0.1) is 17.0 Å². The van der Waals surface area contributed by atoms with Crippen LogP contribution in [0.2, 0.25) is 0 Å². The molecule has 0 radical (unpaired) electrons. The van der Waals surface area contributed by atoms with Crippen LogP contribution in [0.5, 0.6) is 5.75 Å². The number of nitro groups is 1. The van der Waals surface area contributed by atoms with Crippen molar-refractivity contribution in [3.05, 3.63) is 33.4 Å². The normalized spacial score (nSPS) is 9.86. The summed E-state index contributed by atoms with van der Waals surface area (Å²) in [5, 5.41) is 19.9. The second-order valence-corrected chi connectivity index (χ2v) is 2.97. The summed E-state index contributed by atoms with van der Waals surface area (Å²) in [4.78, 5) is 20.9. The van der Waals surface area contributed by atoms with Gasteiger partial charge in [0.15, 0.2) is 5.78 Å². The number of aryl methyl sites for hydroxylation is 1. The van der Waals surface area contributed by atoms with Crippen molar-refractivity contribution in [2.75, 3.05) is 0 Å². The lowest BCUT2D eigenvalue weighted by molar-refractivity contribution is -0.384. The molecule has 0 bridgehead atoms. The van der Waals surface area contributed by atoms with Gasteiger partial charge in [0.1, 0.15) is 5.75 Å². The van der Waals surface area contributed by atoms with Crippen LogP contribution in [0.4, 0.5) is 5.69 Å². The van der Waals surface area contributed by atoms with Gasteiger partial charge >= 0.3 is 0 Å². The number of Topliss-reactive ketones (excluding diaryl/α,β-unsaturated/α-hetero) is 1. The van der Waals surface area contributed by atoms with Crippen LogP contribution < -0.4 is 0 Å². The van der Waals surface area contributed by atoms with Gasteiger partial charge in [-0.3, -0.25) is 14.9 Å². The van der Waals surface area contributed by atoms with Crippen molar-refractivity contribution in [1.82, 2.24) is 0 Å². The number of carbonyl (C=O) groups is 1. The summed E-state index contributed by atoms with van der Waals surface area (Å²) in [6.07, 6.45) is 0. The highest BCUT2D eigenvalue weighted by atomic mass is 16.6. The fraction of sp³-hybridized carbons (Fsp3) is 0.222. The van der Waals surface area contributed by atoms with E-state index in [2.05, 4.69) is 0 Å². The molecule has 0 heterocycles. The number of carbonyl (C=O) groups excluding carboxylic acids is 1. The molecule has 0 saturated carbocycles. The first kappa shape index (κ1) is 10.2. The Bertz CT molecular complexity index is 412. The van der Waals surface area contributed by atoms with Gasteiger partial charge in [-0.1, -0.05) is 0 Å². The maximum Gasteiger partial charge on any atom is 0.270 e. The van der Waals surface area contributed by atoms with Crippen LogP contribution in [-0.2, 0) is 0 Å². The SMILES string of the molecule is CC(=O)c1cc([N+](=O)[O-])cc(C)c1O. The second-order valence-electron chi connectivity index (χ2n) is 2.97. The maximum atomic E-state index is 11.0. The number of benzene rings is 1. The van der Waals surface area contributed by atoms with Crippen LogP contribution >= 0.6 is 0 Å². The van der Waals surface area contributed by atoms with Gasteiger partial charge in [0, 0.05) is 12.1 Å². The number of aromatic hydroxyl groups is 1. The molecule has 0 aliphatic heterocycles. The molecule has 0 atom stereocenters. The van der Waals surface area contributed by atoms with E-state index in [1.807, 2.05) is 0 Å². The number of nitro benzene ring substituents is 1. The predicted octanol–water partition coefficient (Wildman–Crippen LogP) is 1.81. The topological polar surface area (TPSA) is 80.4 Å². The van der Waals surface area contributed by atoms with Crippen molar-refractivity contribution in [1.29, 1.82) is 0 Å². The summed E-state index contributed by atoms with van der Waals surface area (Å²) in [7, 11) is 0. The summed E-state index contributed by atoms with van der Waals surface area (Å²) >= 11 is 0. The van der Waals surface area contributed by atoms with E-state index in [0.29, 0.717) is 5.56 Å². The minimum absolute atomic E-state index is 0.0169. The van der Waals surface area contributed by atoms with E-state index < -0.39 is 10.7 Å². The molecule has 5 nitrogen and oxygen atoms in total. The van der Waals surface area contributed by atoms with Crippen LogP contribution in [0.3, 0.4) is 0 Å². The highest BCUT2D eigenvalue weighted by Gasteiger charge is 2.16. The number of phenols is 1. The summed E-state index contributed by atoms with van der Waals surface area (Å²) in [6, 6.07) is 2.30. The average molecular weight is 195 g/mol. The first-order valence-corrected chi connectivity index (χ1v) is 3.92. The molecule has 0 aliphatic rings. The van der Waals surface area contributed by atoms with Crippen molar-refractivity contribution >= 4 is 11.5 Å². The second kappa shape index (κ2) is 3.45. The molecule has 0 amide bonds. The minimum atomic E-state index is -0.598. The Labute approximate surface area is 80.1 Å². The largest absolute Gasteiger partial charge is 0.507 e. The zero-order valence-electron chi connectivity index (χ0n) is 7.77. The molecule has 0 saturated heterocycles. The summed E-state index contributed by atoms with van der Waals surface area (Å²) < 4.78 is 0. The van der Waals surface area contributed by atoms with Crippen molar-refractivity contribution in [3.63, 3.8) is 0 Å². The Hall–Kier alpha value is -1.91. The molecule has 0 spiro atoms. The van der Waals surface area contributed by atoms with Gasteiger partial charge in [0.2, 0.25) is 0 Å². The van der Waals surface area contributed by atoms with Crippen molar-refractivity contribution in [3.8, 4) is 5.75 Å². The molecule has 0 aliphatic carbocycles. The molecule has 1 aromatic rings. The Balaban J connectivity index is 3.43. The highest BCUT2D eigenvalue weighted by molar-refractivity contribution is 5.97. The third kappa shape index (κ3) is 1.71. The lowest BCUT2D eigenvalue weighted by Crippen LogP contribution is -1.97. The van der Waals surface area contributed by atoms with E-state index in [4.69, 9.17) is 0 Å². The molecular weight excluding hydrogens is 186 g/mol. The summed E-state index contributed by atoms with van der Waals surface area (Å²) in [6.45, 7) is 2.76. The molecule has 1 rings (SSSR count). The third-order valence-electron chi connectivity index (χ3n) is 1.88. The number of non-ortho nitro benzene ring substituents is 1. The lowest BCUT2D eigenvalue weighted by atomic mass is 10.1. The zero-order valence-corrected chi connectivity index (χ0v) is 7.77. The van der Waals surface area contributed by atoms with E-state index in [0.717, 1.165) is 6.07 Å².